The van der Waals surface area contributed by atoms with Crippen LogP contribution >= 0.6 is 15.9 Å². The van der Waals surface area contributed by atoms with Crippen LogP contribution in [0.5, 0.6) is 5.88 Å². The molecule has 0 fully saturated rings. The highest BCUT2D eigenvalue weighted by atomic mass is 79.9. The minimum Gasteiger partial charge on any atom is -0.472 e. The number of nitrogens with zero attached hydrogens (tertiary/aromatic N) is 2. The van der Waals surface area contributed by atoms with Crippen molar-refractivity contribution in [1.82, 2.24) is 9.55 Å². The van der Waals surface area contributed by atoms with E-state index >= 15 is 0 Å². The second kappa shape index (κ2) is 7.96. The van der Waals surface area contributed by atoms with E-state index in [9.17, 15) is 18.0 Å². The van der Waals surface area contributed by atoms with Crippen molar-refractivity contribution in [2.45, 2.75) is 19.3 Å². The highest BCUT2D eigenvalue weighted by molar-refractivity contribution is 9.10. The molecule has 8 heteroatoms. The van der Waals surface area contributed by atoms with E-state index in [0.29, 0.717) is 5.56 Å². The van der Waals surface area contributed by atoms with Gasteiger partial charge in [-0.1, -0.05) is 42.5 Å². The molecule has 0 aliphatic heterocycles. The van der Waals surface area contributed by atoms with Crippen molar-refractivity contribution >= 4 is 15.9 Å². The fourth-order valence-electron chi connectivity index (χ4n) is 2.43. The van der Waals surface area contributed by atoms with Gasteiger partial charge in [-0.3, -0.25) is 9.36 Å². The van der Waals surface area contributed by atoms with Gasteiger partial charge in [0.25, 0.3) is 5.56 Å². The zero-order valence-corrected chi connectivity index (χ0v) is 15.5. The number of rotatable bonds is 5. The molecule has 0 N–H and O–H groups in total. The van der Waals surface area contributed by atoms with Crippen molar-refractivity contribution in [1.29, 1.82) is 0 Å². The largest absolute Gasteiger partial charge is 0.472 e. The quantitative estimate of drug-likeness (QED) is 0.582. The number of alkyl halides is 3. The molecule has 140 valence electrons. The predicted molar refractivity (Wildman–Crippen MR) is 97.5 cm³/mol. The van der Waals surface area contributed by atoms with Crippen molar-refractivity contribution in [2.24, 2.45) is 0 Å². The summed E-state index contributed by atoms with van der Waals surface area (Å²) < 4.78 is 45.4. The zero-order valence-electron chi connectivity index (χ0n) is 13.9. The molecule has 3 aromatic rings. The molecule has 0 bridgehead atoms. The van der Waals surface area contributed by atoms with Gasteiger partial charge in [-0.15, -0.1) is 0 Å². The van der Waals surface area contributed by atoms with Crippen molar-refractivity contribution in [3.63, 3.8) is 0 Å². The molecule has 0 radical (unpaired) electrons. The maximum atomic E-state index is 12.8. The first-order chi connectivity index (χ1) is 12.8. The Kier molecular flexibility index (Phi) is 5.65. The average Bonchev–Trinajstić information content (AvgIpc) is 2.65. The molecule has 3 rings (SSSR count). The minimum atomic E-state index is -4.44. The third-order valence-electron chi connectivity index (χ3n) is 3.78. The van der Waals surface area contributed by atoms with Crippen LogP contribution in [0.25, 0.3) is 0 Å². The molecule has 0 atom stereocenters. The van der Waals surface area contributed by atoms with Crippen LogP contribution in [0.2, 0.25) is 0 Å². The number of benzene rings is 2. The van der Waals surface area contributed by atoms with E-state index < -0.39 is 17.3 Å². The van der Waals surface area contributed by atoms with E-state index in [2.05, 4.69) is 20.9 Å². The van der Waals surface area contributed by atoms with E-state index in [1.165, 1.54) is 23.0 Å². The predicted octanol–water partition coefficient (Wildman–Crippen LogP) is 4.65. The van der Waals surface area contributed by atoms with Crippen LogP contribution < -0.4 is 10.3 Å². The molecule has 0 saturated heterocycles. The van der Waals surface area contributed by atoms with E-state index in [-0.39, 0.29) is 23.5 Å². The molecule has 4 nitrogen and oxygen atoms in total. The Hall–Kier alpha value is -2.61. The van der Waals surface area contributed by atoms with Crippen LogP contribution in [0.1, 0.15) is 16.7 Å². The number of halogens is 4. The Morgan fingerprint density at radius 3 is 2.44 bits per heavy atom. The van der Waals surface area contributed by atoms with Crippen LogP contribution in [0.15, 0.2) is 70.2 Å². The summed E-state index contributed by atoms with van der Waals surface area (Å²) in [5.74, 6) is 0.129. The van der Waals surface area contributed by atoms with Gasteiger partial charge in [-0.05, 0) is 39.2 Å². The van der Waals surface area contributed by atoms with Crippen molar-refractivity contribution in [3.05, 3.63) is 92.4 Å². The van der Waals surface area contributed by atoms with Gasteiger partial charge >= 0.3 is 6.18 Å². The number of hydrogen-bond donors (Lipinski definition) is 0. The normalized spacial score (nSPS) is 11.4. The lowest BCUT2D eigenvalue weighted by Crippen LogP contribution is -2.22. The number of aromatic nitrogens is 2. The number of hydrogen-bond acceptors (Lipinski definition) is 3. The van der Waals surface area contributed by atoms with Gasteiger partial charge in [0.2, 0.25) is 5.88 Å². The third-order valence-corrected chi connectivity index (χ3v) is 4.45. The Labute approximate surface area is 161 Å². The summed E-state index contributed by atoms with van der Waals surface area (Å²) in [6.45, 7) is 0.205. The molecule has 1 aromatic heterocycles. The monoisotopic (exact) mass is 438 g/mol. The summed E-state index contributed by atoms with van der Waals surface area (Å²) in [6, 6.07) is 14.2. The van der Waals surface area contributed by atoms with Gasteiger partial charge in [-0.25, -0.2) is 4.98 Å². The van der Waals surface area contributed by atoms with Crippen LogP contribution in [-0.4, -0.2) is 9.55 Å². The summed E-state index contributed by atoms with van der Waals surface area (Å²) in [5, 5.41) is 0. The summed E-state index contributed by atoms with van der Waals surface area (Å²) in [4.78, 5) is 16.6. The number of ether oxygens (including phenoxy) is 1. The second-order valence-corrected chi connectivity index (χ2v) is 6.56. The molecule has 0 aliphatic carbocycles. The van der Waals surface area contributed by atoms with Gasteiger partial charge in [0.15, 0.2) is 0 Å². The van der Waals surface area contributed by atoms with Crippen LogP contribution in [0.4, 0.5) is 13.2 Å². The first kappa shape index (κ1) is 19.2. The zero-order chi connectivity index (χ0) is 19.4. The molecule has 0 spiro atoms. The van der Waals surface area contributed by atoms with Crippen molar-refractivity contribution < 1.29 is 17.9 Å². The summed E-state index contributed by atoms with van der Waals surface area (Å²) >= 11 is 3.16. The molecular weight excluding hydrogens is 425 g/mol. The molecule has 1 heterocycles. The molecule has 0 amide bonds. The van der Waals surface area contributed by atoms with E-state index in [4.69, 9.17) is 4.74 Å². The molecule has 27 heavy (non-hydrogen) atoms. The highest BCUT2D eigenvalue weighted by Gasteiger charge is 2.30. The van der Waals surface area contributed by atoms with Gasteiger partial charge in [0, 0.05) is 0 Å². The first-order valence-electron chi connectivity index (χ1n) is 7.92. The van der Waals surface area contributed by atoms with Crippen LogP contribution in [-0.2, 0) is 19.3 Å². The molecular formula is C19H14BrF3N2O2. The van der Waals surface area contributed by atoms with Gasteiger partial charge in [0.1, 0.15) is 17.4 Å². The molecule has 0 unspecified atom stereocenters. The molecule has 2 aromatic carbocycles. The Morgan fingerprint density at radius 2 is 1.74 bits per heavy atom. The third kappa shape index (κ3) is 4.77. The topological polar surface area (TPSA) is 44.1 Å². The summed E-state index contributed by atoms with van der Waals surface area (Å²) in [7, 11) is 0. The summed E-state index contributed by atoms with van der Waals surface area (Å²) in [5.41, 5.74) is 0.0614. The lowest BCUT2D eigenvalue weighted by atomic mass is 10.1. The van der Waals surface area contributed by atoms with Crippen LogP contribution in [0, 0.1) is 0 Å². The molecule has 0 saturated carbocycles. The maximum Gasteiger partial charge on any atom is 0.416 e. The van der Waals surface area contributed by atoms with Gasteiger partial charge in [0.05, 0.1) is 12.1 Å². The van der Waals surface area contributed by atoms with E-state index in [1.54, 1.807) is 0 Å². The standard InChI is InChI=1S/C19H14BrF3N2O2/c20-16-17(27-11-13-5-2-1-3-6-13)24-12-25(18(16)26)10-14-7-4-8-15(9-14)19(21,22)23/h1-9,12H,10-11H2. The SMILES string of the molecule is O=c1c(Br)c(OCc2ccccc2)ncn1Cc1cccc(C(F)(F)F)c1. The fraction of sp³-hybridized carbons (Fsp3) is 0.158. The molecule has 0 aliphatic rings. The Balaban J connectivity index is 1.78. The highest BCUT2D eigenvalue weighted by Crippen LogP contribution is 2.29. The maximum absolute atomic E-state index is 12.8. The van der Waals surface area contributed by atoms with Crippen LogP contribution in [0.3, 0.4) is 0 Å². The summed E-state index contributed by atoms with van der Waals surface area (Å²) in [6.07, 6.45) is -3.18. The smallest absolute Gasteiger partial charge is 0.416 e. The van der Waals surface area contributed by atoms with Crippen molar-refractivity contribution in [3.8, 4) is 5.88 Å². The lowest BCUT2D eigenvalue weighted by Gasteiger charge is -2.12. The Morgan fingerprint density at radius 1 is 1.04 bits per heavy atom. The van der Waals surface area contributed by atoms with E-state index in [1.807, 2.05) is 30.3 Å². The average molecular weight is 439 g/mol. The minimum absolute atomic E-state index is 0.0344. The lowest BCUT2D eigenvalue weighted by molar-refractivity contribution is -0.137. The van der Waals surface area contributed by atoms with Gasteiger partial charge < -0.3 is 4.74 Å². The first-order valence-corrected chi connectivity index (χ1v) is 8.71. The fourth-order valence-corrected chi connectivity index (χ4v) is 2.88. The second-order valence-electron chi connectivity index (χ2n) is 5.77. The Bertz CT molecular complexity index is 988. The van der Waals surface area contributed by atoms with Gasteiger partial charge in [-0.2, -0.15) is 13.2 Å². The van der Waals surface area contributed by atoms with E-state index in [0.717, 1.165) is 17.7 Å². The van der Waals surface area contributed by atoms with Crippen molar-refractivity contribution in [2.75, 3.05) is 0 Å².